The topological polar surface area (TPSA) is 76.8 Å². The summed E-state index contributed by atoms with van der Waals surface area (Å²) < 4.78 is 10.9. The van der Waals surface area contributed by atoms with E-state index in [0.717, 1.165) is 25.9 Å². The summed E-state index contributed by atoms with van der Waals surface area (Å²) in [6.07, 6.45) is 2.80. The minimum absolute atomic E-state index is 0.0480. The van der Waals surface area contributed by atoms with Crippen molar-refractivity contribution < 1.29 is 14.3 Å². The first-order valence-corrected chi connectivity index (χ1v) is 7.25. The molecule has 2 fully saturated rings. The van der Waals surface area contributed by atoms with E-state index >= 15 is 0 Å². The van der Waals surface area contributed by atoms with Crippen molar-refractivity contribution in [1.82, 2.24) is 4.90 Å². The number of hydrogen-bond acceptors (Lipinski definition) is 5. The van der Waals surface area contributed by atoms with Gasteiger partial charge < -0.3 is 20.5 Å². The number of carbonyl (C=O) groups is 1. The third kappa shape index (κ3) is 3.28. The summed E-state index contributed by atoms with van der Waals surface area (Å²) >= 11 is 0. The van der Waals surface area contributed by atoms with Crippen LogP contribution < -0.4 is 15.8 Å². The number of fused-ring (bicyclic) bond motifs is 2. The second-order valence-electron chi connectivity index (χ2n) is 5.65. The molecular formula is C15H21N3O3. The maximum atomic E-state index is 12.1. The van der Waals surface area contributed by atoms with Gasteiger partial charge in [0.2, 0.25) is 5.91 Å². The van der Waals surface area contributed by atoms with Crippen LogP contribution in [0.25, 0.3) is 0 Å². The molecule has 21 heavy (non-hydrogen) atoms. The molecule has 2 atom stereocenters. The number of nitrogens with one attached hydrogen (secondary N) is 1. The molecule has 0 aliphatic carbocycles. The lowest BCUT2D eigenvalue weighted by Gasteiger charge is -2.31. The Bertz CT molecular complexity index is 523. The van der Waals surface area contributed by atoms with Gasteiger partial charge in [0, 0.05) is 19.2 Å². The molecule has 2 unspecified atom stereocenters. The third-order valence-electron chi connectivity index (χ3n) is 4.02. The van der Waals surface area contributed by atoms with E-state index in [1.54, 1.807) is 25.3 Å². The number of rotatable bonds is 4. The van der Waals surface area contributed by atoms with Crippen molar-refractivity contribution in [3.63, 3.8) is 0 Å². The van der Waals surface area contributed by atoms with Crippen molar-refractivity contribution in [2.45, 2.75) is 25.0 Å². The first-order chi connectivity index (χ1) is 10.1. The first-order valence-electron chi connectivity index (χ1n) is 7.25. The van der Waals surface area contributed by atoms with E-state index in [1.165, 1.54) is 0 Å². The molecule has 3 N–H and O–H groups in total. The molecule has 3 rings (SSSR count). The Labute approximate surface area is 124 Å². The number of likely N-dealkylation sites (tertiary alicyclic amines) is 1. The van der Waals surface area contributed by atoms with E-state index in [9.17, 15) is 4.79 Å². The number of benzene rings is 1. The molecule has 6 heteroatoms. The number of methoxy groups -OCH3 is 1. The fraction of sp³-hybridized carbons (Fsp3) is 0.533. The Morgan fingerprint density at radius 2 is 2.14 bits per heavy atom. The van der Waals surface area contributed by atoms with Gasteiger partial charge in [-0.2, -0.15) is 0 Å². The summed E-state index contributed by atoms with van der Waals surface area (Å²) in [5, 5.41) is 2.86. The molecule has 2 aliphatic rings. The Hall–Kier alpha value is -1.79. The summed E-state index contributed by atoms with van der Waals surface area (Å²) in [6.45, 7) is 2.05. The number of amides is 1. The van der Waals surface area contributed by atoms with Gasteiger partial charge >= 0.3 is 0 Å². The van der Waals surface area contributed by atoms with Crippen molar-refractivity contribution >= 4 is 17.3 Å². The molecule has 2 saturated heterocycles. The lowest BCUT2D eigenvalue weighted by atomic mass is 10.2. The Kier molecular flexibility index (Phi) is 3.98. The molecule has 0 saturated carbocycles. The maximum Gasteiger partial charge on any atom is 0.238 e. The standard InChI is InChI=1S/C15H21N3O3/c1-20-10-4-5-14(13(16)6-10)17-15(19)9-18-7-11-2-3-12(8-18)21-11/h4-6,11-12H,2-3,7-9,16H2,1H3,(H,17,19). The van der Waals surface area contributed by atoms with Crippen LogP contribution in [0.1, 0.15) is 12.8 Å². The molecule has 1 aromatic carbocycles. The number of morpholine rings is 1. The number of ether oxygens (including phenoxy) is 2. The van der Waals surface area contributed by atoms with E-state index < -0.39 is 0 Å². The second kappa shape index (κ2) is 5.91. The molecule has 1 aromatic rings. The average Bonchev–Trinajstić information content (AvgIpc) is 2.80. The van der Waals surface area contributed by atoms with Crippen LogP contribution in [0.2, 0.25) is 0 Å². The van der Waals surface area contributed by atoms with Gasteiger partial charge in [-0.25, -0.2) is 0 Å². The summed E-state index contributed by atoms with van der Waals surface area (Å²) in [6, 6.07) is 5.24. The molecule has 1 amide bonds. The first kappa shape index (κ1) is 14.2. The van der Waals surface area contributed by atoms with E-state index in [-0.39, 0.29) is 5.91 Å². The number of carbonyl (C=O) groups excluding carboxylic acids is 1. The van der Waals surface area contributed by atoms with E-state index in [0.29, 0.717) is 35.9 Å². The molecule has 2 bridgehead atoms. The van der Waals surface area contributed by atoms with Crippen LogP contribution in [0.3, 0.4) is 0 Å². The van der Waals surface area contributed by atoms with E-state index in [2.05, 4.69) is 10.2 Å². The van der Waals surface area contributed by atoms with Crippen molar-refractivity contribution in [2.24, 2.45) is 0 Å². The monoisotopic (exact) mass is 291 g/mol. The van der Waals surface area contributed by atoms with Gasteiger partial charge in [-0.15, -0.1) is 0 Å². The number of nitrogen functional groups attached to an aromatic ring is 1. The highest BCUT2D eigenvalue weighted by molar-refractivity contribution is 5.95. The van der Waals surface area contributed by atoms with Crippen molar-refractivity contribution in [3.05, 3.63) is 18.2 Å². The number of hydrogen-bond donors (Lipinski definition) is 2. The highest BCUT2D eigenvalue weighted by Crippen LogP contribution is 2.27. The Morgan fingerprint density at radius 1 is 1.43 bits per heavy atom. The van der Waals surface area contributed by atoms with Gasteiger partial charge in [0.25, 0.3) is 0 Å². The van der Waals surface area contributed by atoms with Crippen LogP contribution in [0, 0.1) is 0 Å². The normalized spacial score (nSPS) is 24.8. The quantitative estimate of drug-likeness (QED) is 0.812. The van der Waals surface area contributed by atoms with Gasteiger partial charge in [-0.3, -0.25) is 9.69 Å². The highest BCUT2D eigenvalue weighted by atomic mass is 16.5. The zero-order chi connectivity index (χ0) is 14.8. The number of nitrogens with zero attached hydrogens (tertiary/aromatic N) is 1. The van der Waals surface area contributed by atoms with Gasteiger partial charge in [0.15, 0.2) is 0 Å². The van der Waals surface area contributed by atoms with Crippen molar-refractivity contribution in [3.8, 4) is 5.75 Å². The minimum Gasteiger partial charge on any atom is -0.497 e. The van der Waals surface area contributed by atoms with Crippen LogP contribution in [0.5, 0.6) is 5.75 Å². The lowest BCUT2D eigenvalue weighted by molar-refractivity contribution is -0.119. The molecule has 114 valence electrons. The molecule has 2 heterocycles. The Morgan fingerprint density at radius 3 is 2.76 bits per heavy atom. The molecule has 0 aromatic heterocycles. The zero-order valence-electron chi connectivity index (χ0n) is 12.2. The third-order valence-corrected chi connectivity index (χ3v) is 4.02. The summed E-state index contributed by atoms with van der Waals surface area (Å²) in [4.78, 5) is 14.3. The zero-order valence-corrected chi connectivity index (χ0v) is 12.2. The Balaban J connectivity index is 1.56. The highest BCUT2D eigenvalue weighted by Gasteiger charge is 2.34. The second-order valence-corrected chi connectivity index (χ2v) is 5.65. The number of nitrogens with two attached hydrogens (primary N) is 1. The van der Waals surface area contributed by atoms with E-state index in [4.69, 9.17) is 15.2 Å². The lowest BCUT2D eigenvalue weighted by Crippen LogP contribution is -2.45. The molecular weight excluding hydrogens is 270 g/mol. The summed E-state index contributed by atoms with van der Waals surface area (Å²) in [7, 11) is 1.58. The maximum absolute atomic E-state index is 12.1. The summed E-state index contributed by atoms with van der Waals surface area (Å²) in [5.74, 6) is 0.628. The van der Waals surface area contributed by atoms with Crippen LogP contribution in [0.4, 0.5) is 11.4 Å². The van der Waals surface area contributed by atoms with Gasteiger partial charge in [0.1, 0.15) is 5.75 Å². The van der Waals surface area contributed by atoms with Crippen molar-refractivity contribution in [1.29, 1.82) is 0 Å². The molecule has 0 spiro atoms. The van der Waals surface area contributed by atoms with Gasteiger partial charge in [0.05, 0.1) is 37.2 Å². The largest absolute Gasteiger partial charge is 0.497 e. The molecule has 2 aliphatic heterocycles. The van der Waals surface area contributed by atoms with Gasteiger partial charge in [-0.1, -0.05) is 0 Å². The fourth-order valence-electron chi connectivity index (χ4n) is 3.00. The summed E-state index contributed by atoms with van der Waals surface area (Å²) in [5.41, 5.74) is 7.03. The van der Waals surface area contributed by atoms with Crippen LogP contribution in [-0.4, -0.2) is 49.8 Å². The van der Waals surface area contributed by atoms with Crippen LogP contribution >= 0.6 is 0 Å². The molecule has 6 nitrogen and oxygen atoms in total. The SMILES string of the molecule is COc1ccc(NC(=O)CN2CC3CCC(C2)O3)c(N)c1. The average molecular weight is 291 g/mol. The predicted molar refractivity (Wildman–Crippen MR) is 80.4 cm³/mol. The minimum atomic E-state index is -0.0480. The number of anilines is 2. The predicted octanol–water partition coefficient (Wildman–Crippen LogP) is 1.08. The van der Waals surface area contributed by atoms with Crippen LogP contribution in [0.15, 0.2) is 18.2 Å². The van der Waals surface area contributed by atoms with Crippen molar-refractivity contribution in [2.75, 3.05) is 37.8 Å². The van der Waals surface area contributed by atoms with Crippen LogP contribution in [-0.2, 0) is 9.53 Å². The smallest absolute Gasteiger partial charge is 0.238 e. The van der Waals surface area contributed by atoms with Gasteiger partial charge in [-0.05, 0) is 25.0 Å². The van der Waals surface area contributed by atoms with E-state index in [1.807, 2.05) is 0 Å². The molecule has 0 radical (unpaired) electrons. The fourth-order valence-corrected chi connectivity index (χ4v) is 3.00.